The highest BCUT2D eigenvalue weighted by molar-refractivity contribution is 5.97. The number of anilines is 1. The number of para-hydroxylation sites is 4. The minimum atomic E-state index is -0.371. The minimum Gasteiger partial charge on any atom is -0.457 e. The maximum absolute atomic E-state index is 13.1. The van der Waals surface area contributed by atoms with Crippen molar-refractivity contribution in [2.45, 2.75) is 0 Å². The van der Waals surface area contributed by atoms with Crippen LogP contribution in [0.5, 0.6) is 11.5 Å². The Kier molecular flexibility index (Phi) is 5.61. The van der Waals surface area contributed by atoms with Gasteiger partial charge in [-0.3, -0.25) is 14.9 Å². The number of piperazine rings is 1. The van der Waals surface area contributed by atoms with E-state index in [0.29, 0.717) is 48.9 Å². The van der Waals surface area contributed by atoms with Crippen LogP contribution < -0.4 is 9.64 Å². The summed E-state index contributed by atoms with van der Waals surface area (Å²) < 4.78 is 5.92. The molecule has 1 fully saturated rings. The Labute approximate surface area is 174 Å². The highest BCUT2D eigenvalue weighted by Crippen LogP contribution is 2.30. The lowest BCUT2D eigenvalue weighted by Gasteiger charge is -2.36. The van der Waals surface area contributed by atoms with Crippen LogP contribution in [0.2, 0.25) is 0 Å². The molecule has 3 aromatic rings. The molecule has 30 heavy (non-hydrogen) atoms. The molecule has 1 aliphatic rings. The summed E-state index contributed by atoms with van der Waals surface area (Å²) >= 11 is 0. The Morgan fingerprint density at radius 2 is 1.47 bits per heavy atom. The molecule has 0 unspecified atom stereocenters. The standard InChI is InChI=1S/C23H21N3O4/c27-23(19-10-4-7-13-22(19)30-18-8-2-1-3-9-18)25-16-14-24(15-17-25)20-11-5-6-12-21(20)26(28)29/h1-13H,14-17H2. The number of amides is 1. The normalized spacial score (nSPS) is 13.7. The van der Waals surface area contributed by atoms with Crippen molar-refractivity contribution >= 4 is 17.3 Å². The van der Waals surface area contributed by atoms with E-state index in [9.17, 15) is 14.9 Å². The zero-order valence-electron chi connectivity index (χ0n) is 16.3. The maximum Gasteiger partial charge on any atom is 0.292 e. The summed E-state index contributed by atoms with van der Waals surface area (Å²) in [5.41, 5.74) is 1.17. The average molecular weight is 403 g/mol. The first-order valence-electron chi connectivity index (χ1n) is 9.73. The van der Waals surface area contributed by atoms with Crippen LogP contribution in [0.15, 0.2) is 78.9 Å². The van der Waals surface area contributed by atoms with Gasteiger partial charge in [-0.25, -0.2) is 0 Å². The van der Waals surface area contributed by atoms with E-state index in [1.165, 1.54) is 6.07 Å². The van der Waals surface area contributed by atoms with Crippen molar-refractivity contribution in [3.8, 4) is 11.5 Å². The molecule has 0 aromatic heterocycles. The third kappa shape index (κ3) is 4.10. The lowest BCUT2D eigenvalue weighted by atomic mass is 10.1. The van der Waals surface area contributed by atoms with E-state index in [1.807, 2.05) is 47.4 Å². The van der Waals surface area contributed by atoms with Crippen LogP contribution in [0.25, 0.3) is 0 Å². The van der Waals surface area contributed by atoms with Crippen LogP contribution in [-0.2, 0) is 0 Å². The molecule has 1 amide bonds. The highest BCUT2D eigenvalue weighted by Gasteiger charge is 2.27. The number of nitro groups is 1. The van der Waals surface area contributed by atoms with Gasteiger partial charge in [0.2, 0.25) is 0 Å². The van der Waals surface area contributed by atoms with Crippen molar-refractivity contribution in [3.63, 3.8) is 0 Å². The van der Waals surface area contributed by atoms with Gasteiger partial charge in [-0.1, -0.05) is 42.5 Å². The molecule has 7 nitrogen and oxygen atoms in total. The number of nitro benzene ring substituents is 1. The zero-order chi connectivity index (χ0) is 20.9. The van der Waals surface area contributed by atoms with Gasteiger partial charge in [0.15, 0.2) is 0 Å². The fourth-order valence-corrected chi connectivity index (χ4v) is 3.55. The molecule has 1 saturated heterocycles. The molecule has 3 aromatic carbocycles. The van der Waals surface area contributed by atoms with Crippen LogP contribution >= 0.6 is 0 Å². The SMILES string of the molecule is O=C(c1ccccc1Oc1ccccc1)N1CCN(c2ccccc2[N+](=O)[O-])CC1. The smallest absolute Gasteiger partial charge is 0.292 e. The van der Waals surface area contributed by atoms with Crippen molar-refractivity contribution in [3.05, 3.63) is 94.5 Å². The molecule has 0 radical (unpaired) electrons. The van der Waals surface area contributed by atoms with Gasteiger partial charge in [-0.15, -0.1) is 0 Å². The van der Waals surface area contributed by atoms with E-state index >= 15 is 0 Å². The molecule has 0 saturated carbocycles. The Balaban J connectivity index is 1.47. The Morgan fingerprint density at radius 1 is 0.833 bits per heavy atom. The zero-order valence-corrected chi connectivity index (χ0v) is 16.3. The lowest BCUT2D eigenvalue weighted by molar-refractivity contribution is -0.384. The van der Waals surface area contributed by atoms with Crippen molar-refractivity contribution in [2.24, 2.45) is 0 Å². The number of hydrogen-bond donors (Lipinski definition) is 0. The first kappa shape index (κ1) is 19.4. The first-order valence-corrected chi connectivity index (χ1v) is 9.73. The second-order valence-corrected chi connectivity index (χ2v) is 6.94. The van der Waals surface area contributed by atoms with Gasteiger partial charge >= 0.3 is 0 Å². The minimum absolute atomic E-state index is 0.0823. The van der Waals surface area contributed by atoms with Gasteiger partial charge in [-0.2, -0.15) is 0 Å². The molecule has 152 valence electrons. The van der Waals surface area contributed by atoms with E-state index in [1.54, 1.807) is 35.2 Å². The Hall–Kier alpha value is -3.87. The summed E-state index contributed by atoms with van der Waals surface area (Å²) in [6.45, 7) is 2.01. The van der Waals surface area contributed by atoms with Crippen LogP contribution in [0.1, 0.15) is 10.4 Å². The second kappa shape index (κ2) is 8.65. The Morgan fingerprint density at radius 3 is 2.20 bits per heavy atom. The van der Waals surface area contributed by atoms with E-state index in [0.717, 1.165) is 0 Å². The quantitative estimate of drug-likeness (QED) is 0.468. The van der Waals surface area contributed by atoms with Crippen molar-refractivity contribution in [2.75, 3.05) is 31.1 Å². The van der Waals surface area contributed by atoms with Crippen LogP contribution in [0, 0.1) is 10.1 Å². The average Bonchev–Trinajstić information content (AvgIpc) is 2.80. The molecule has 7 heteroatoms. The number of rotatable bonds is 5. The van der Waals surface area contributed by atoms with Gasteiger partial charge in [0.1, 0.15) is 17.2 Å². The fraction of sp³-hybridized carbons (Fsp3) is 0.174. The van der Waals surface area contributed by atoms with E-state index in [2.05, 4.69) is 0 Å². The molecule has 0 atom stereocenters. The maximum atomic E-state index is 13.1. The number of ether oxygens (including phenoxy) is 1. The van der Waals surface area contributed by atoms with Crippen LogP contribution in [0.3, 0.4) is 0 Å². The molecular weight excluding hydrogens is 382 g/mol. The predicted molar refractivity (Wildman–Crippen MR) is 114 cm³/mol. The van der Waals surface area contributed by atoms with Crippen LogP contribution in [0.4, 0.5) is 11.4 Å². The second-order valence-electron chi connectivity index (χ2n) is 6.94. The Bertz CT molecular complexity index is 1050. The summed E-state index contributed by atoms with van der Waals surface area (Å²) in [7, 11) is 0. The molecule has 0 N–H and O–H groups in total. The third-order valence-corrected chi connectivity index (χ3v) is 5.07. The van der Waals surface area contributed by atoms with Gasteiger partial charge in [0.05, 0.1) is 10.5 Å². The lowest BCUT2D eigenvalue weighted by Crippen LogP contribution is -2.49. The summed E-state index contributed by atoms with van der Waals surface area (Å²) in [4.78, 5) is 27.8. The van der Waals surface area contributed by atoms with E-state index in [-0.39, 0.29) is 16.5 Å². The molecule has 1 aliphatic heterocycles. The van der Waals surface area contributed by atoms with E-state index in [4.69, 9.17) is 4.74 Å². The number of nitrogens with zero attached hydrogens (tertiary/aromatic N) is 3. The predicted octanol–water partition coefficient (Wildman–Crippen LogP) is 4.35. The molecular formula is C23H21N3O4. The fourth-order valence-electron chi connectivity index (χ4n) is 3.55. The van der Waals surface area contributed by atoms with Gasteiger partial charge in [-0.05, 0) is 30.3 Å². The molecule has 0 bridgehead atoms. The van der Waals surface area contributed by atoms with Crippen molar-refractivity contribution in [1.82, 2.24) is 4.90 Å². The van der Waals surface area contributed by atoms with Crippen molar-refractivity contribution in [1.29, 1.82) is 0 Å². The summed E-state index contributed by atoms with van der Waals surface area (Å²) in [5, 5.41) is 11.3. The molecule has 1 heterocycles. The van der Waals surface area contributed by atoms with Gasteiger partial charge in [0.25, 0.3) is 11.6 Å². The van der Waals surface area contributed by atoms with Gasteiger partial charge in [0, 0.05) is 32.2 Å². The number of carbonyl (C=O) groups is 1. The van der Waals surface area contributed by atoms with Crippen molar-refractivity contribution < 1.29 is 14.5 Å². The molecule has 0 spiro atoms. The largest absolute Gasteiger partial charge is 0.457 e. The summed E-state index contributed by atoms with van der Waals surface area (Å²) in [5.74, 6) is 1.07. The summed E-state index contributed by atoms with van der Waals surface area (Å²) in [6, 6.07) is 23.2. The summed E-state index contributed by atoms with van der Waals surface area (Å²) in [6.07, 6.45) is 0. The highest BCUT2D eigenvalue weighted by atomic mass is 16.6. The van der Waals surface area contributed by atoms with Crippen LogP contribution in [-0.4, -0.2) is 41.9 Å². The van der Waals surface area contributed by atoms with E-state index < -0.39 is 0 Å². The third-order valence-electron chi connectivity index (χ3n) is 5.07. The van der Waals surface area contributed by atoms with Gasteiger partial charge < -0.3 is 14.5 Å². The number of benzene rings is 3. The number of carbonyl (C=O) groups excluding carboxylic acids is 1. The first-order chi connectivity index (χ1) is 14.6. The topological polar surface area (TPSA) is 75.9 Å². The molecule has 0 aliphatic carbocycles. The number of hydrogen-bond acceptors (Lipinski definition) is 5. The molecule has 4 rings (SSSR count). The monoisotopic (exact) mass is 403 g/mol.